The summed E-state index contributed by atoms with van der Waals surface area (Å²) in [5.41, 5.74) is 3.51. The SMILES string of the molecule is O=C1CCC(N2C(=O)c3ccc(N4CCN(CCN5CCC(OC6CC(Oc7ccc8c(c7)Sc7cc([N+](=O)[O-])cnc7C8)C6)CC5)CC4)cc3C2=O)C(=O)N1. The molecular formula is C40H43N7O8S. The average Bonchev–Trinajstić information content (AvgIpc) is 3.43. The number of pyridine rings is 1. The van der Waals surface area contributed by atoms with Gasteiger partial charge in [0.2, 0.25) is 11.8 Å². The van der Waals surface area contributed by atoms with Crippen molar-refractivity contribution in [2.45, 2.75) is 79.1 Å². The molecule has 1 aliphatic carbocycles. The maximum atomic E-state index is 13.3. The first-order valence-electron chi connectivity index (χ1n) is 19.5. The number of hydrogen-bond donors (Lipinski definition) is 1. The summed E-state index contributed by atoms with van der Waals surface area (Å²) < 4.78 is 12.8. The molecule has 6 heterocycles. The van der Waals surface area contributed by atoms with Crippen LogP contribution >= 0.6 is 11.8 Å². The fourth-order valence-electron chi connectivity index (χ4n) is 8.56. The van der Waals surface area contributed by atoms with Crippen LogP contribution < -0.4 is 15.0 Å². The van der Waals surface area contributed by atoms with E-state index in [1.54, 1.807) is 18.2 Å². The molecule has 16 heteroatoms. The lowest BCUT2D eigenvalue weighted by molar-refractivity contribution is -0.385. The van der Waals surface area contributed by atoms with Crippen LogP contribution in [0.3, 0.4) is 0 Å². The Balaban J connectivity index is 0.676. The number of carbonyl (C=O) groups excluding carboxylic acids is 4. The van der Waals surface area contributed by atoms with E-state index >= 15 is 0 Å². The maximum Gasteiger partial charge on any atom is 0.288 e. The van der Waals surface area contributed by atoms with E-state index in [0.717, 1.165) is 115 Å². The van der Waals surface area contributed by atoms with E-state index in [0.29, 0.717) is 17.5 Å². The van der Waals surface area contributed by atoms with Gasteiger partial charge in [0, 0.05) is 99.6 Å². The molecule has 6 aliphatic rings. The van der Waals surface area contributed by atoms with Crippen LogP contribution in [0.4, 0.5) is 11.4 Å². The second-order valence-electron chi connectivity index (χ2n) is 15.5. The fraction of sp³-hybridized carbons (Fsp3) is 0.475. The number of anilines is 1. The molecule has 3 aromatic rings. The summed E-state index contributed by atoms with van der Waals surface area (Å²) in [6, 6.07) is 12.1. The molecular weight excluding hydrogens is 739 g/mol. The Morgan fingerprint density at radius 2 is 1.57 bits per heavy atom. The van der Waals surface area contributed by atoms with Crippen molar-refractivity contribution in [1.29, 1.82) is 0 Å². The Morgan fingerprint density at radius 1 is 0.821 bits per heavy atom. The minimum Gasteiger partial charge on any atom is -0.490 e. The number of piperidine rings is 2. The lowest BCUT2D eigenvalue weighted by Crippen LogP contribution is -2.54. The second-order valence-corrected chi connectivity index (χ2v) is 16.5. The van der Waals surface area contributed by atoms with Gasteiger partial charge in [-0.15, -0.1) is 0 Å². The molecule has 4 fully saturated rings. The Labute approximate surface area is 327 Å². The lowest BCUT2D eigenvalue weighted by atomic mass is 9.91. The van der Waals surface area contributed by atoms with Gasteiger partial charge in [0.15, 0.2) is 0 Å². The third-order valence-corrected chi connectivity index (χ3v) is 13.1. The number of rotatable bonds is 10. The quantitative estimate of drug-likeness (QED) is 0.141. The highest BCUT2D eigenvalue weighted by Gasteiger charge is 2.45. The number of nitrogens with one attached hydrogen (secondary N) is 1. The Morgan fingerprint density at radius 3 is 2.32 bits per heavy atom. The fourth-order valence-corrected chi connectivity index (χ4v) is 9.66. The monoisotopic (exact) mass is 781 g/mol. The van der Waals surface area contributed by atoms with Crippen molar-refractivity contribution in [2.75, 3.05) is 57.3 Å². The van der Waals surface area contributed by atoms with E-state index in [4.69, 9.17) is 9.47 Å². The van der Waals surface area contributed by atoms with Gasteiger partial charge in [-0.05, 0) is 55.2 Å². The highest BCUT2D eigenvalue weighted by molar-refractivity contribution is 7.99. The molecule has 292 valence electrons. The van der Waals surface area contributed by atoms with E-state index in [2.05, 4.69) is 31.1 Å². The highest BCUT2D eigenvalue weighted by Crippen LogP contribution is 2.42. The zero-order chi connectivity index (χ0) is 38.5. The number of benzene rings is 2. The van der Waals surface area contributed by atoms with E-state index in [1.165, 1.54) is 18.0 Å². The van der Waals surface area contributed by atoms with Gasteiger partial charge in [0.05, 0.1) is 34.0 Å². The third kappa shape index (κ3) is 7.38. The average molecular weight is 782 g/mol. The van der Waals surface area contributed by atoms with E-state index in [-0.39, 0.29) is 42.7 Å². The van der Waals surface area contributed by atoms with Crippen LogP contribution in [0.1, 0.15) is 70.5 Å². The van der Waals surface area contributed by atoms with E-state index < -0.39 is 28.7 Å². The number of carbonyl (C=O) groups is 4. The predicted molar refractivity (Wildman–Crippen MR) is 204 cm³/mol. The van der Waals surface area contributed by atoms with Crippen molar-refractivity contribution in [3.05, 3.63) is 81.2 Å². The van der Waals surface area contributed by atoms with Crippen LogP contribution in [0.5, 0.6) is 5.75 Å². The first-order chi connectivity index (χ1) is 27.1. The van der Waals surface area contributed by atoms with Crippen LogP contribution in [0.15, 0.2) is 58.5 Å². The summed E-state index contributed by atoms with van der Waals surface area (Å²) in [4.78, 5) is 75.6. The summed E-state index contributed by atoms with van der Waals surface area (Å²) in [5, 5.41) is 13.5. The Kier molecular flexibility index (Phi) is 9.98. The number of piperazine rings is 1. The molecule has 0 radical (unpaired) electrons. The molecule has 3 saturated heterocycles. The molecule has 0 spiro atoms. The molecule has 9 rings (SSSR count). The molecule has 0 bridgehead atoms. The van der Waals surface area contributed by atoms with Gasteiger partial charge in [0.1, 0.15) is 24.1 Å². The number of nitro groups is 1. The van der Waals surface area contributed by atoms with Gasteiger partial charge < -0.3 is 19.3 Å². The molecule has 4 amide bonds. The van der Waals surface area contributed by atoms with Crippen molar-refractivity contribution >= 4 is 46.8 Å². The molecule has 56 heavy (non-hydrogen) atoms. The third-order valence-electron chi connectivity index (χ3n) is 11.9. The van der Waals surface area contributed by atoms with Gasteiger partial charge in [0.25, 0.3) is 17.5 Å². The number of ether oxygens (including phenoxy) is 2. The van der Waals surface area contributed by atoms with Crippen LogP contribution in [0.25, 0.3) is 0 Å². The van der Waals surface area contributed by atoms with Crippen molar-refractivity contribution in [3.8, 4) is 5.75 Å². The minimum absolute atomic E-state index is 0.00454. The summed E-state index contributed by atoms with van der Waals surface area (Å²) in [7, 11) is 0. The first kappa shape index (κ1) is 36.7. The van der Waals surface area contributed by atoms with Gasteiger partial charge in [-0.2, -0.15) is 0 Å². The van der Waals surface area contributed by atoms with E-state index in [9.17, 15) is 29.3 Å². The molecule has 1 N–H and O–H groups in total. The number of nitrogens with zero attached hydrogens (tertiary/aromatic N) is 6. The smallest absolute Gasteiger partial charge is 0.288 e. The standard InChI is InChI=1S/C40H43N7O8S/c48-37-6-5-34(38(49)42-37)46-39(50)31-4-2-25(18-32(31)40(46)51)45-15-13-44(14-16-45)12-11-43-9-7-27(8-10-43)54-29-20-30(21-29)55-28-3-1-24-17-33-36(56-35(24)22-28)19-26(23-41-33)47(52)53/h1-4,18-19,22-23,27,29-30,34H,5-17,20-21H2,(H,42,48,49). The first-order valence-corrected chi connectivity index (χ1v) is 20.3. The van der Waals surface area contributed by atoms with Gasteiger partial charge in [-0.3, -0.25) is 49.4 Å². The van der Waals surface area contributed by atoms with Crippen LogP contribution in [-0.4, -0.2) is 125 Å². The number of imide groups is 2. The molecule has 1 atom stereocenters. The minimum atomic E-state index is -0.967. The van der Waals surface area contributed by atoms with Crippen molar-refractivity contribution in [3.63, 3.8) is 0 Å². The van der Waals surface area contributed by atoms with Gasteiger partial charge in [-0.1, -0.05) is 17.8 Å². The number of amides is 4. The summed E-state index contributed by atoms with van der Waals surface area (Å²) in [6.45, 7) is 7.45. The summed E-state index contributed by atoms with van der Waals surface area (Å²) in [5.74, 6) is -1.14. The van der Waals surface area contributed by atoms with Crippen LogP contribution in [-0.2, 0) is 20.7 Å². The number of likely N-dealkylation sites (tertiary alicyclic amines) is 1. The number of aromatic nitrogens is 1. The zero-order valence-corrected chi connectivity index (χ0v) is 31.7. The normalized spacial score (nSPS) is 24.3. The van der Waals surface area contributed by atoms with Gasteiger partial charge in [-0.25, -0.2) is 0 Å². The molecule has 1 aromatic heterocycles. The van der Waals surface area contributed by atoms with Crippen molar-refractivity contribution < 1.29 is 33.6 Å². The van der Waals surface area contributed by atoms with Crippen molar-refractivity contribution in [1.82, 2.24) is 25.0 Å². The highest BCUT2D eigenvalue weighted by atomic mass is 32.2. The summed E-state index contributed by atoms with van der Waals surface area (Å²) >= 11 is 1.51. The number of hydrogen-bond acceptors (Lipinski definition) is 13. The van der Waals surface area contributed by atoms with Crippen molar-refractivity contribution in [2.24, 2.45) is 0 Å². The predicted octanol–water partition coefficient (Wildman–Crippen LogP) is 3.66. The summed E-state index contributed by atoms with van der Waals surface area (Å²) in [6.07, 6.45) is 6.59. The lowest BCUT2D eigenvalue weighted by Gasteiger charge is -2.40. The Hall–Kier alpha value is -4.90. The topological polar surface area (TPSA) is 168 Å². The van der Waals surface area contributed by atoms with Crippen LogP contribution in [0, 0.1) is 10.1 Å². The zero-order valence-electron chi connectivity index (χ0n) is 30.9. The number of fused-ring (bicyclic) bond motifs is 3. The van der Waals surface area contributed by atoms with E-state index in [1.807, 2.05) is 18.2 Å². The Bertz CT molecular complexity index is 2090. The molecule has 15 nitrogen and oxygen atoms in total. The largest absolute Gasteiger partial charge is 0.490 e. The van der Waals surface area contributed by atoms with Gasteiger partial charge >= 0.3 is 0 Å². The molecule has 5 aliphatic heterocycles. The molecule has 1 unspecified atom stereocenters. The molecule has 1 saturated carbocycles. The molecule has 2 aromatic carbocycles. The maximum absolute atomic E-state index is 13.3. The second kappa shape index (κ2) is 15.2. The van der Waals surface area contributed by atoms with Crippen LogP contribution in [0.2, 0.25) is 0 Å².